The number of nitrogens with one attached hydrogen (secondary N) is 2. The summed E-state index contributed by atoms with van der Waals surface area (Å²) < 4.78 is 15.6. The number of imidazole rings is 1. The number of anilines is 1. The van der Waals surface area contributed by atoms with E-state index in [4.69, 9.17) is 0 Å². The minimum absolute atomic E-state index is 0.185. The molecule has 0 bridgehead atoms. The van der Waals surface area contributed by atoms with Gasteiger partial charge in [-0.15, -0.1) is 0 Å². The Balaban J connectivity index is 1.58. The van der Waals surface area contributed by atoms with Crippen LogP contribution in [0.5, 0.6) is 0 Å². The number of carbonyl (C=O) groups is 1. The molecule has 0 aliphatic heterocycles. The van der Waals surface area contributed by atoms with Gasteiger partial charge in [0.25, 0.3) is 0 Å². The number of carbonyl (C=O) groups excluding carboxylic acids is 1. The molecule has 4 aromatic heterocycles. The summed E-state index contributed by atoms with van der Waals surface area (Å²) in [5.74, 6) is -1.09. The third-order valence-electron chi connectivity index (χ3n) is 6.39. The summed E-state index contributed by atoms with van der Waals surface area (Å²) in [5, 5.41) is 27.0. The van der Waals surface area contributed by atoms with Crippen molar-refractivity contribution >= 4 is 22.9 Å². The van der Waals surface area contributed by atoms with Gasteiger partial charge in [0.05, 0.1) is 42.8 Å². The fourth-order valence-electron chi connectivity index (χ4n) is 4.55. The second-order valence-electron chi connectivity index (χ2n) is 8.79. The number of nitrogens with zero attached hydrogens (tertiary/aromatic N) is 6. The second-order valence-corrected chi connectivity index (χ2v) is 8.79. The van der Waals surface area contributed by atoms with E-state index in [0.29, 0.717) is 29.1 Å². The molecule has 1 amide bonds. The minimum Gasteiger partial charge on any atom is -0.390 e. The molecule has 5 rings (SSSR count). The number of hydrogen-bond acceptors (Lipinski definition) is 9. The van der Waals surface area contributed by atoms with Crippen molar-refractivity contribution in [3.63, 3.8) is 0 Å². The zero-order valence-electron chi connectivity index (χ0n) is 19.6. The minimum atomic E-state index is -1.24. The van der Waals surface area contributed by atoms with Crippen molar-refractivity contribution in [2.45, 2.75) is 38.1 Å². The molecule has 4 atom stereocenters. The van der Waals surface area contributed by atoms with Crippen molar-refractivity contribution in [2.24, 2.45) is 5.92 Å². The van der Waals surface area contributed by atoms with Gasteiger partial charge in [-0.05, 0) is 37.1 Å². The summed E-state index contributed by atoms with van der Waals surface area (Å²) in [5.41, 5.74) is 2.98. The molecule has 0 aromatic carbocycles. The number of pyridine rings is 2. The largest absolute Gasteiger partial charge is 0.390 e. The first-order chi connectivity index (χ1) is 17.4. The number of hydrogen-bond donors (Lipinski definition) is 4. The normalized spacial score (nSPS) is 21.6. The summed E-state index contributed by atoms with van der Waals surface area (Å²) in [6, 6.07) is 4.45. The fourth-order valence-corrected chi connectivity index (χ4v) is 4.55. The molecule has 1 aliphatic rings. The fraction of sp³-hybridized carbons (Fsp3) is 0.333. The van der Waals surface area contributed by atoms with Gasteiger partial charge in [0.2, 0.25) is 5.91 Å². The lowest BCUT2D eigenvalue weighted by atomic mass is 10.1. The highest BCUT2D eigenvalue weighted by molar-refractivity contribution is 5.85. The summed E-state index contributed by atoms with van der Waals surface area (Å²) >= 11 is 0. The van der Waals surface area contributed by atoms with Gasteiger partial charge in [0.15, 0.2) is 17.3 Å². The standard InChI is InChI=1S/C24H25FN8O3/c1-12-3-4-28-15(5-12)10-29-22-18-23(32-21(31-22)13-6-14(25)9-27-8-13)33(11-30-18)17-7-16(24(36)26-2)19(34)20(17)35/h3-6,8-9,11,16-17,19-20,34-35H,7,10H2,1-2H3,(H,26,36)(H,29,31,32)/t16-,17+,19+,20-/m0/s1. The van der Waals surface area contributed by atoms with Crippen LogP contribution in [0.25, 0.3) is 22.6 Å². The monoisotopic (exact) mass is 492 g/mol. The maximum absolute atomic E-state index is 13.9. The Morgan fingerprint density at radius 2 is 2.03 bits per heavy atom. The van der Waals surface area contributed by atoms with Gasteiger partial charge in [-0.1, -0.05) is 0 Å². The molecule has 36 heavy (non-hydrogen) atoms. The Bertz CT molecular complexity index is 1430. The zero-order chi connectivity index (χ0) is 25.4. The summed E-state index contributed by atoms with van der Waals surface area (Å²) in [6.07, 6.45) is 3.48. The molecule has 186 valence electrons. The van der Waals surface area contributed by atoms with E-state index in [9.17, 15) is 19.4 Å². The lowest BCUT2D eigenvalue weighted by molar-refractivity contribution is -0.128. The van der Waals surface area contributed by atoms with Crippen LogP contribution in [0.15, 0.2) is 43.1 Å². The first-order valence-corrected chi connectivity index (χ1v) is 11.4. The van der Waals surface area contributed by atoms with E-state index in [2.05, 4.69) is 35.6 Å². The van der Waals surface area contributed by atoms with Crippen molar-refractivity contribution in [1.82, 2.24) is 34.8 Å². The molecule has 11 nitrogen and oxygen atoms in total. The predicted molar refractivity (Wildman–Crippen MR) is 128 cm³/mol. The molecule has 1 saturated carbocycles. The number of aromatic nitrogens is 6. The van der Waals surface area contributed by atoms with Crippen LogP contribution in [0, 0.1) is 18.7 Å². The van der Waals surface area contributed by atoms with Gasteiger partial charge in [0.1, 0.15) is 17.4 Å². The third kappa shape index (κ3) is 4.36. The van der Waals surface area contributed by atoms with E-state index in [-0.39, 0.29) is 18.2 Å². The van der Waals surface area contributed by atoms with Crippen LogP contribution < -0.4 is 10.6 Å². The topological polar surface area (TPSA) is 151 Å². The second kappa shape index (κ2) is 9.55. The van der Waals surface area contributed by atoms with E-state index in [1.165, 1.54) is 25.6 Å². The first kappa shape index (κ1) is 23.7. The first-order valence-electron chi connectivity index (χ1n) is 11.4. The average Bonchev–Trinajstić information content (AvgIpc) is 3.43. The number of amides is 1. The Hall–Kier alpha value is -4.03. The van der Waals surface area contributed by atoms with E-state index in [1.807, 2.05) is 19.1 Å². The summed E-state index contributed by atoms with van der Waals surface area (Å²) in [7, 11) is 1.48. The zero-order valence-corrected chi connectivity index (χ0v) is 19.6. The number of aryl methyl sites for hydroxylation is 1. The van der Waals surface area contributed by atoms with Gasteiger partial charge in [-0.3, -0.25) is 14.8 Å². The van der Waals surface area contributed by atoms with Crippen molar-refractivity contribution in [1.29, 1.82) is 0 Å². The molecular weight excluding hydrogens is 467 g/mol. The van der Waals surface area contributed by atoms with Crippen molar-refractivity contribution < 1.29 is 19.4 Å². The van der Waals surface area contributed by atoms with E-state index < -0.39 is 30.0 Å². The number of aliphatic hydroxyl groups is 2. The smallest absolute Gasteiger partial charge is 0.225 e. The maximum atomic E-state index is 13.9. The van der Waals surface area contributed by atoms with Crippen molar-refractivity contribution in [3.05, 3.63) is 60.2 Å². The predicted octanol–water partition coefficient (Wildman–Crippen LogP) is 1.37. The SMILES string of the molecule is CNC(=O)[C@H]1C[C@@H](n2cnc3c(NCc4cc(C)ccn4)nc(-c4cncc(F)c4)nc32)[C@H](O)[C@@H]1O. The molecule has 0 spiro atoms. The molecule has 0 radical (unpaired) electrons. The van der Waals surface area contributed by atoms with Crippen LogP contribution in [0.3, 0.4) is 0 Å². The summed E-state index contributed by atoms with van der Waals surface area (Å²) in [6.45, 7) is 2.32. The number of fused-ring (bicyclic) bond motifs is 1. The lowest BCUT2D eigenvalue weighted by Gasteiger charge is -2.18. The van der Waals surface area contributed by atoms with Gasteiger partial charge in [-0.25, -0.2) is 19.3 Å². The molecule has 4 aromatic rings. The highest BCUT2D eigenvalue weighted by atomic mass is 19.1. The highest BCUT2D eigenvalue weighted by Gasteiger charge is 2.46. The molecule has 4 heterocycles. The Morgan fingerprint density at radius 3 is 2.78 bits per heavy atom. The highest BCUT2D eigenvalue weighted by Crippen LogP contribution is 2.38. The van der Waals surface area contributed by atoms with Gasteiger partial charge >= 0.3 is 0 Å². The molecule has 12 heteroatoms. The van der Waals surface area contributed by atoms with E-state index in [0.717, 1.165) is 17.5 Å². The molecule has 1 fully saturated rings. The van der Waals surface area contributed by atoms with Gasteiger partial charge in [-0.2, -0.15) is 0 Å². The quantitative estimate of drug-likeness (QED) is 0.313. The Labute approximate surface area is 205 Å². The molecule has 1 aliphatic carbocycles. The van der Waals surface area contributed by atoms with Crippen LogP contribution in [-0.4, -0.2) is 64.9 Å². The Morgan fingerprint density at radius 1 is 1.19 bits per heavy atom. The lowest BCUT2D eigenvalue weighted by Crippen LogP contribution is -2.36. The maximum Gasteiger partial charge on any atom is 0.225 e. The van der Waals surface area contributed by atoms with Crippen LogP contribution in [0.1, 0.15) is 23.7 Å². The number of halogens is 1. The van der Waals surface area contributed by atoms with Crippen LogP contribution in [-0.2, 0) is 11.3 Å². The van der Waals surface area contributed by atoms with Crippen molar-refractivity contribution in [2.75, 3.05) is 12.4 Å². The molecule has 0 saturated heterocycles. The average molecular weight is 493 g/mol. The molecular formula is C24H25FN8O3. The van der Waals surface area contributed by atoms with E-state index in [1.54, 1.807) is 10.8 Å². The Kier molecular flexibility index (Phi) is 6.29. The van der Waals surface area contributed by atoms with E-state index >= 15 is 0 Å². The van der Waals surface area contributed by atoms with Gasteiger partial charge in [0, 0.05) is 25.0 Å². The van der Waals surface area contributed by atoms with Crippen LogP contribution >= 0.6 is 0 Å². The molecule has 0 unspecified atom stereocenters. The van der Waals surface area contributed by atoms with Crippen LogP contribution in [0.4, 0.5) is 10.2 Å². The van der Waals surface area contributed by atoms with Gasteiger partial charge < -0.3 is 25.4 Å². The van der Waals surface area contributed by atoms with Crippen LogP contribution in [0.2, 0.25) is 0 Å². The number of aliphatic hydroxyl groups excluding tert-OH is 2. The molecule has 4 N–H and O–H groups in total. The summed E-state index contributed by atoms with van der Waals surface area (Å²) in [4.78, 5) is 34.1. The third-order valence-corrected chi connectivity index (χ3v) is 6.39. The number of rotatable bonds is 6. The van der Waals surface area contributed by atoms with Crippen molar-refractivity contribution in [3.8, 4) is 11.4 Å².